The van der Waals surface area contributed by atoms with Gasteiger partial charge in [0.25, 0.3) is 5.69 Å². The quantitative estimate of drug-likeness (QED) is 0.490. The zero-order valence-electron chi connectivity index (χ0n) is 10.7. The van der Waals surface area contributed by atoms with Gasteiger partial charge in [-0.15, -0.1) is 0 Å². The van der Waals surface area contributed by atoms with Crippen molar-refractivity contribution in [1.29, 1.82) is 0 Å². The van der Waals surface area contributed by atoms with E-state index in [0.717, 1.165) is 16.5 Å². The molecular formula is C11H11N3O4S2. The number of aryl methyl sites for hydroxylation is 2. The van der Waals surface area contributed by atoms with Crippen LogP contribution in [0, 0.1) is 24.0 Å². The fourth-order valence-electron chi connectivity index (χ4n) is 1.45. The fourth-order valence-corrected chi connectivity index (χ4v) is 3.40. The van der Waals surface area contributed by atoms with Crippen LogP contribution in [0.2, 0.25) is 0 Å². The van der Waals surface area contributed by atoms with E-state index in [0.29, 0.717) is 0 Å². The van der Waals surface area contributed by atoms with E-state index in [1.807, 2.05) is 13.8 Å². The Morgan fingerprint density at radius 3 is 2.60 bits per heavy atom. The van der Waals surface area contributed by atoms with Crippen LogP contribution in [-0.2, 0) is 10.0 Å². The highest BCUT2D eigenvalue weighted by atomic mass is 32.2. The van der Waals surface area contributed by atoms with Crippen molar-refractivity contribution in [1.82, 2.24) is 0 Å². The molecule has 0 unspecified atom stereocenters. The summed E-state index contributed by atoms with van der Waals surface area (Å²) in [5, 5.41) is 10.7. The highest BCUT2D eigenvalue weighted by Gasteiger charge is 2.15. The third-order valence-corrected chi connectivity index (χ3v) is 4.92. The number of hydrogen-bond acceptors (Lipinski definition) is 5. The highest BCUT2D eigenvalue weighted by molar-refractivity contribution is 7.93. The Kier molecular flexibility index (Phi) is 3.73. The Balaban J connectivity index is 2.35. The number of rotatable bonds is 4. The van der Waals surface area contributed by atoms with Gasteiger partial charge in [0.15, 0.2) is 16.2 Å². The zero-order chi connectivity index (χ0) is 14.9. The van der Waals surface area contributed by atoms with Crippen LogP contribution >= 0.6 is 11.5 Å². The summed E-state index contributed by atoms with van der Waals surface area (Å²) < 4.78 is 25.4. The number of aromatic nitrogens is 1. The van der Waals surface area contributed by atoms with Gasteiger partial charge in [-0.25, -0.2) is 8.42 Å². The Morgan fingerprint density at radius 2 is 2.05 bits per heavy atom. The van der Waals surface area contributed by atoms with Crippen molar-refractivity contribution in [2.24, 2.45) is 0 Å². The first kappa shape index (κ1) is 14.4. The normalized spacial score (nSPS) is 11.3. The number of hydrogen-bond donors (Lipinski definition) is 0. The molecule has 0 bridgehead atoms. The van der Waals surface area contributed by atoms with Crippen molar-refractivity contribution in [3.05, 3.63) is 55.8 Å². The molecule has 0 radical (unpaired) electrons. The van der Waals surface area contributed by atoms with Gasteiger partial charge in [0.05, 0.1) is 14.7 Å². The van der Waals surface area contributed by atoms with Gasteiger partial charge in [0.1, 0.15) is 11.5 Å². The maximum Gasteiger partial charge on any atom is 0.270 e. The van der Waals surface area contributed by atoms with Crippen LogP contribution in [0.15, 0.2) is 35.4 Å². The predicted octanol–water partition coefficient (Wildman–Crippen LogP) is 2.09. The Labute approximate surface area is 119 Å². The van der Waals surface area contributed by atoms with Gasteiger partial charge in [0.2, 0.25) is 0 Å². The summed E-state index contributed by atoms with van der Waals surface area (Å²) in [7, 11) is -3.98. The minimum absolute atomic E-state index is 0.206. The summed E-state index contributed by atoms with van der Waals surface area (Å²) in [6.07, 6.45) is 1.59. The van der Waals surface area contributed by atoms with Crippen LogP contribution in [-0.4, -0.2) is 13.3 Å². The molecular weight excluding hydrogens is 302 g/mol. The maximum absolute atomic E-state index is 12.1. The van der Waals surface area contributed by atoms with Crippen molar-refractivity contribution in [3.63, 3.8) is 0 Å². The van der Waals surface area contributed by atoms with E-state index in [2.05, 4.69) is 4.83 Å². The molecule has 0 aliphatic carbocycles. The number of non-ortho nitro benzene ring substituents is 1. The van der Waals surface area contributed by atoms with E-state index in [-0.39, 0.29) is 10.6 Å². The molecule has 0 spiro atoms. The minimum Gasteiger partial charge on any atom is -0.303 e. The van der Waals surface area contributed by atoms with Gasteiger partial charge < -0.3 is 4.83 Å². The standard InChI is InChI=1S/C11H11N3O4S2/c1-8-7-13(19-9(8)2)12-20(17,18)11-5-3-4-10(6-11)14(15)16/h3-7H,1-2H3. The summed E-state index contributed by atoms with van der Waals surface area (Å²) >= 11 is 1.18. The second kappa shape index (κ2) is 5.17. The molecule has 106 valence electrons. The number of nitro groups is 1. The molecule has 9 heteroatoms. The average molecular weight is 313 g/mol. The Morgan fingerprint density at radius 1 is 1.35 bits per heavy atom. The molecule has 2 aromatic rings. The van der Waals surface area contributed by atoms with Crippen molar-refractivity contribution in [2.75, 3.05) is 0 Å². The molecule has 0 saturated carbocycles. The SMILES string of the molecule is Cc1c[n+]([N-]S(=O)(=O)c2cccc([N+](=O)[O-])c2)sc1C. The predicted molar refractivity (Wildman–Crippen MR) is 73.0 cm³/mol. The van der Waals surface area contributed by atoms with Crippen LogP contribution in [0.1, 0.15) is 10.4 Å². The number of nitrogens with zero attached hydrogens (tertiary/aromatic N) is 3. The average Bonchev–Trinajstić information content (AvgIpc) is 2.67. The van der Waals surface area contributed by atoms with Gasteiger partial charge in [-0.05, 0) is 19.9 Å². The summed E-state index contributed by atoms with van der Waals surface area (Å²) in [5.41, 5.74) is 0.637. The van der Waals surface area contributed by atoms with E-state index in [1.165, 1.54) is 33.8 Å². The van der Waals surface area contributed by atoms with E-state index in [9.17, 15) is 18.5 Å². The molecule has 0 atom stereocenters. The molecule has 0 aliphatic heterocycles. The first-order chi connectivity index (χ1) is 9.29. The first-order valence-corrected chi connectivity index (χ1v) is 7.73. The molecule has 0 saturated heterocycles. The third kappa shape index (κ3) is 2.94. The van der Waals surface area contributed by atoms with Crippen molar-refractivity contribution < 1.29 is 17.4 Å². The monoisotopic (exact) mass is 313 g/mol. The van der Waals surface area contributed by atoms with Crippen LogP contribution in [0.3, 0.4) is 0 Å². The molecule has 20 heavy (non-hydrogen) atoms. The van der Waals surface area contributed by atoms with Gasteiger partial charge in [-0.3, -0.25) is 10.1 Å². The van der Waals surface area contributed by atoms with E-state index >= 15 is 0 Å². The van der Waals surface area contributed by atoms with Crippen LogP contribution < -0.4 is 4.07 Å². The van der Waals surface area contributed by atoms with Gasteiger partial charge in [0, 0.05) is 17.7 Å². The molecule has 0 N–H and O–H groups in total. The second-order valence-corrected chi connectivity index (χ2v) is 6.83. The van der Waals surface area contributed by atoms with Gasteiger partial charge in [-0.2, -0.15) is 4.07 Å². The zero-order valence-corrected chi connectivity index (χ0v) is 12.3. The molecule has 0 aliphatic rings. The lowest BCUT2D eigenvalue weighted by atomic mass is 10.3. The molecule has 0 fully saturated rings. The topological polar surface area (TPSA) is 95.3 Å². The van der Waals surface area contributed by atoms with Gasteiger partial charge >= 0.3 is 0 Å². The number of nitro benzene ring substituents is 1. The summed E-state index contributed by atoms with van der Waals surface area (Å²) in [4.78, 5) is 14.4. The van der Waals surface area contributed by atoms with Crippen molar-refractivity contribution >= 4 is 27.2 Å². The van der Waals surface area contributed by atoms with Crippen molar-refractivity contribution in [3.8, 4) is 0 Å². The van der Waals surface area contributed by atoms with E-state index in [4.69, 9.17) is 0 Å². The lowest BCUT2D eigenvalue weighted by Crippen LogP contribution is -2.26. The summed E-state index contributed by atoms with van der Waals surface area (Å²) in [5.74, 6) is 0. The van der Waals surface area contributed by atoms with E-state index in [1.54, 1.807) is 6.20 Å². The fraction of sp³-hybridized carbons (Fsp3) is 0.182. The van der Waals surface area contributed by atoms with Gasteiger partial charge in [-0.1, -0.05) is 6.07 Å². The molecule has 7 nitrogen and oxygen atoms in total. The summed E-state index contributed by atoms with van der Waals surface area (Å²) in [6, 6.07) is 4.81. The first-order valence-electron chi connectivity index (χ1n) is 5.51. The lowest BCUT2D eigenvalue weighted by molar-refractivity contribution is -0.539. The largest absolute Gasteiger partial charge is 0.303 e. The Hall–Kier alpha value is -2.00. The van der Waals surface area contributed by atoms with Crippen LogP contribution in [0.5, 0.6) is 0 Å². The summed E-state index contributed by atoms with van der Waals surface area (Å²) in [6.45, 7) is 3.70. The minimum atomic E-state index is -3.98. The lowest BCUT2D eigenvalue weighted by Gasteiger charge is -2.11. The number of benzene rings is 1. The molecule has 1 aromatic heterocycles. The molecule has 1 heterocycles. The van der Waals surface area contributed by atoms with Crippen molar-refractivity contribution in [2.45, 2.75) is 18.7 Å². The highest BCUT2D eigenvalue weighted by Crippen LogP contribution is 2.21. The molecule has 1 aromatic carbocycles. The van der Waals surface area contributed by atoms with E-state index < -0.39 is 14.9 Å². The third-order valence-electron chi connectivity index (χ3n) is 2.60. The Bertz CT molecular complexity index is 748. The molecule has 0 amide bonds. The van der Waals surface area contributed by atoms with Crippen LogP contribution in [0.25, 0.3) is 4.83 Å². The van der Waals surface area contributed by atoms with Crippen LogP contribution in [0.4, 0.5) is 5.69 Å². The number of sulfonamides is 1. The molecule has 2 rings (SSSR count). The second-order valence-electron chi connectivity index (χ2n) is 4.07. The smallest absolute Gasteiger partial charge is 0.270 e. The maximum atomic E-state index is 12.1.